The van der Waals surface area contributed by atoms with Crippen molar-refractivity contribution in [1.82, 2.24) is 4.90 Å². The molecule has 4 rings (SSSR count). The highest BCUT2D eigenvalue weighted by Crippen LogP contribution is 2.43. The van der Waals surface area contributed by atoms with E-state index in [4.69, 9.17) is 52.4 Å². The zero-order chi connectivity index (χ0) is 40.3. The predicted molar refractivity (Wildman–Crippen MR) is 195 cm³/mol. The molecule has 326 valence electrons. The fraction of sp³-hybridized carbons (Fsp3) is 0.943. The number of ether oxygens (including phenoxy) is 7. The first-order valence-corrected chi connectivity index (χ1v) is 20.0. The number of aliphatic hydroxyl groups excluding tert-OH is 3. The summed E-state index contributed by atoms with van der Waals surface area (Å²) in [4.78, 5) is 51.2. The highest BCUT2D eigenvalue weighted by molar-refractivity contribution is 7.45. The van der Waals surface area contributed by atoms with Crippen LogP contribution in [-0.4, -0.2) is 165 Å². The summed E-state index contributed by atoms with van der Waals surface area (Å²) in [5, 5.41) is 33.3. The number of carbonyl (C=O) groups is 2. The molecule has 1 spiro atoms. The van der Waals surface area contributed by atoms with E-state index in [0.29, 0.717) is 6.42 Å². The molecule has 0 aromatic carbocycles. The Hall–Kier alpha value is -1.23. The maximum atomic E-state index is 13.9. The third-order valence-electron chi connectivity index (χ3n) is 11.4. The molecule has 0 unspecified atom stereocenters. The lowest BCUT2D eigenvalue weighted by molar-refractivity contribution is -0.299. The topological polar surface area (TPSA) is 307 Å². The van der Waals surface area contributed by atoms with Gasteiger partial charge in [-0.25, -0.2) is 4.57 Å². The molecule has 10 N–H and O–H groups in total. The summed E-state index contributed by atoms with van der Waals surface area (Å²) in [6, 6.07) is -0.219. The summed E-state index contributed by atoms with van der Waals surface area (Å²) in [6.07, 6.45) is -7.15. The van der Waals surface area contributed by atoms with Gasteiger partial charge >= 0.3 is 13.8 Å². The maximum Gasteiger partial charge on any atom is 0.466 e. The average Bonchev–Trinajstić information content (AvgIpc) is 3.85. The zero-order valence-corrected chi connectivity index (χ0v) is 34.7. The van der Waals surface area contributed by atoms with E-state index in [-0.39, 0.29) is 54.2 Å². The standard InChI is InChI=1S/C35H61NO12.H3O4P.2H2O/c1-16-14-35(15-43-35)32(40)19(4)27(37)18(3)22(7)46-33(41)21(6)31(47-26-13-25(42-11)28(38)23(8)45-26)20(5)30(16)48-34-29(39)24(36(9)10)12-17(2)44-34;1-5(2,3)4;;/h16-31,34,37-39H,12-15H2,1-11H3;(H3,1,2,3,4);2*1H2/t16-,17-,18+,19-,20-,21-,22-,23+,24+,25+,26+,27-,28+,29-,30-,31+,34+,35+;;;/m1.../s1. The predicted octanol–water partition coefficient (Wildman–Crippen LogP) is -0.669. The number of Topliss-reactive ketones (excluding diaryl/α,β-unsaturated/α-hetero) is 1. The van der Waals surface area contributed by atoms with Gasteiger partial charge in [0, 0.05) is 37.3 Å². The number of phosphoric acid groups is 1. The number of aliphatic hydroxyl groups is 3. The van der Waals surface area contributed by atoms with Crippen molar-refractivity contribution >= 4 is 19.6 Å². The minimum Gasteiger partial charge on any atom is -0.462 e. The number of rotatable bonds is 6. The Morgan fingerprint density at radius 1 is 0.782 bits per heavy atom. The Morgan fingerprint density at radius 3 is 1.85 bits per heavy atom. The number of ketones is 1. The van der Waals surface area contributed by atoms with E-state index in [2.05, 4.69) is 0 Å². The Balaban J connectivity index is 0.00000203. The third kappa shape index (κ3) is 13.4. The summed E-state index contributed by atoms with van der Waals surface area (Å²) >= 11 is 0. The van der Waals surface area contributed by atoms with E-state index in [1.54, 1.807) is 34.6 Å². The summed E-state index contributed by atoms with van der Waals surface area (Å²) in [5.41, 5.74) is -1.10. The second kappa shape index (κ2) is 21.2. The van der Waals surface area contributed by atoms with Crippen molar-refractivity contribution < 1.29 is 88.3 Å². The number of nitrogens with zero attached hydrogens (tertiary/aromatic N) is 1. The number of carbonyl (C=O) groups excluding carboxylic acids is 2. The lowest BCUT2D eigenvalue weighted by Crippen LogP contribution is -2.57. The van der Waals surface area contributed by atoms with Crippen LogP contribution in [0.3, 0.4) is 0 Å². The van der Waals surface area contributed by atoms with Gasteiger partial charge in [-0.15, -0.1) is 0 Å². The highest BCUT2D eigenvalue weighted by Gasteiger charge is 2.57. The number of esters is 1. The van der Waals surface area contributed by atoms with Gasteiger partial charge in [-0.05, 0) is 60.5 Å². The first kappa shape index (κ1) is 51.8. The van der Waals surface area contributed by atoms with Crippen LogP contribution in [0.1, 0.15) is 74.7 Å². The van der Waals surface area contributed by atoms with Crippen molar-refractivity contribution in [2.24, 2.45) is 29.6 Å². The normalized spacial score (nSPS) is 44.6. The summed E-state index contributed by atoms with van der Waals surface area (Å²) in [7, 11) is 0.685. The van der Waals surface area contributed by atoms with Crippen LogP contribution in [0, 0.1) is 29.6 Å². The second-order valence-corrected chi connectivity index (χ2v) is 16.8. The summed E-state index contributed by atoms with van der Waals surface area (Å²) in [6.45, 7) is 14.6. The van der Waals surface area contributed by atoms with Crippen LogP contribution in [0.2, 0.25) is 0 Å². The van der Waals surface area contributed by atoms with E-state index in [0.717, 1.165) is 0 Å². The molecular formula is C35H68NO18P. The first-order valence-electron chi connectivity index (χ1n) is 18.4. The fourth-order valence-corrected chi connectivity index (χ4v) is 7.89. The highest BCUT2D eigenvalue weighted by atomic mass is 31.2. The van der Waals surface area contributed by atoms with Gasteiger partial charge in [-0.1, -0.05) is 27.7 Å². The molecule has 4 saturated heterocycles. The van der Waals surface area contributed by atoms with Crippen molar-refractivity contribution in [1.29, 1.82) is 0 Å². The number of hydrogen-bond donors (Lipinski definition) is 6. The molecule has 0 radical (unpaired) electrons. The molecule has 19 nitrogen and oxygen atoms in total. The molecule has 4 aliphatic rings. The number of methoxy groups -OCH3 is 1. The van der Waals surface area contributed by atoms with Crippen molar-refractivity contribution in [3.63, 3.8) is 0 Å². The van der Waals surface area contributed by atoms with Gasteiger partial charge < -0.3 is 79.0 Å². The van der Waals surface area contributed by atoms with Crippen LogP contribution in [0.4, 0.5) is 0 Å². The Morgan fingerprint density at radius 2 is 1.35 bits per heavy atom. The molecule has 0 bridgehead atoms. The van der Waals surface area contributed by atoms with Gasteiger partial charge in [-0.3, -0.25) is 9.59 Å². The van der Waals surface area contributed by atoms with Gasteiger partial charge in [0.1, 0.15) is 18.3 Å². The Labute approximate surface area is 323 Å². The average molecular weight is 822 g/mol. The van der Waals surface area contributed by atoms with Gasteiger partial charge in [0.25, 0.3) is 0 Å². The van der Waals surface area contributed by atoms with Gasteiger partial charge in [0.05, 0.1) is 49.1 Å². The van der Waals surface area contributed by atoms with E-state index in [1.807, 2.05) is 39.8 Å². The summed E-state index contributed by atoms with van der Waals surface area (Å²) < 4.78 is 51.9. The molecule has 0 aromatic heterocycles. The van der Waals surface area contributed by atoms with Crippen molar-refractivity contribution in [3.8, 4) is 0 Å². The number of likely N-dealkylation sites (N-methyl/N-ethyl adjacent to an activating group) is 1. The fourth-order valence-electron chi connectivity index (χ4n) is 7.89. The van der Waals surface area contributed by atoms with E-state index in [1.165, 1.54) is 7.11 Å². The lowest BCUT2D eigenvalue weighted by Gasteiger charge is -2.46. The number of hydrogen-bond acceptors (Lipinski definition) is 14. The van der Waals surface area contributed by atoms with E-state index in [9.17, 15) is 24.9 Å². The lowest BCUT2D eigenvalue weighted by atomic mass is 9.76. The second-order valence-electron chi connectivity index (χ2n) is 15.8. The number of cyclic esters (lactones) is 1. The molecule has 20 heteroatoms. The molecule has 4 aliphatic heterocycles. The molecule has 18 atom stereocenters. The molecule has 4 fully saturated rings. The minimum atomic E-state index is -4.64. The minimum absolute atomic E-state index is 0. The van der Waals surface area contributed by atoms with Crippen LogP contribution in [0.25, 0.3) is 0 Å². The zero-order valence-electron chi connectivity index (χ0n) is 33.8. The molecule has 4 heterocycles. The smallest absolute Gasteiger partial charge is 0.462 e. The van der Waals surface area contributed by atoms with E-state index < -0.39 is 104 Å². The van der Waals surface area contributed by atoms with Crippen LogP contribution in [0.15, 0.2) is 0 Å². The number of epoxide rings is 1. The monoisotopic (exact) mass is 821 g/mol. The van der Waals surface area contributed by atoms with Crippen LogP contribution in [-0.2, 0) is 47.3 Å². The molecule has 0 aromatic rings. The van der Waals surface area contributed by atoms with Crippen LogP contribution in [0.5, 0.6) is 0 Å². The molecule has 0 aliphatic carbocycles. The SMILES string of the molecule is CO[C@H]1C[C@H](O[C@H]2[C@H](C)[C@H](O[C@@H]3O[C@H](C)C[C@H](N(C)C)[C@H]3O)[C@H](C)C[C@]3(CO3)C(=O)[C@H](C)[C@H](O)[C@@H](C)[C@@H](C)OC(=O)[C@@H]2C)O[C@@H](C)[C@@H]1O.O.O.O=P(O)(O)O. The van der Waals surface area contributed by atoms with Gasteiger partial charge in [0.2, 0.25) is 0 Å². The van der Waals surface area contributed by atoms with Gasteiger partial charge in [-0.2, -0.15) is 0 Å². The molecular weight excluding hydrogens is 753 g/mol. The quantitative estimate of drug-likeness (QED) is 0.110. The van der Waals surface area contributed by atoms with E-state index >= 15 is 0 Å². The third-order valence-corrected chi connectivity index (χ3v) is 11.4. The first-order chi connectivity index (χ1) is 24.4. The van der Waals surface area contributed by atoms with Gasteiger partial charge in [0.15, 0.2) is 24.0 Å². The Bertz CT molecular complexity index is 1240. The molecule has 0 saturated carbocycles. The Kier molecular flexibility index (Phi) is 19.9. The van der Waals surface area contributed by atoms with Crippen molar-refractivity contribution in [2.45, 2.75) is 154 Å². The van der Waals surface area contributed by atoms with Crippen LogP contribution < -0.4 is 0 Å². The largest absolute Gasteiger partial charge is 0.466 e. The van der Waals surface area contributed by atoms with Crippen molar-refractivity contribution in [2.75, 3.05) is 27.8 Å². The molecule has 55 heavy (non-hydrogen) atoms. The maximum absolute atomic E-state index is 13.9. The van der Waals surface area contributed by atoms with Crippen LogP contribution >= 0.6 is 7.82 Å². The van der Waals surface area contributed by atoms with Crippen molar-refractivity contribution in [3.05, 3.63) is 0 Å². The molecule has 0 amide bonds. The summed E-state index contributed by atoms with van der Waals surface area (Å²) in [5.74, 6) is -3.74.